The molecule has 0 aliphatic carbocycles. The Kier molecular flexibility index (Phi) is 4.32. The molecule has 5 heteroatoms. The van der Waals surface area contributed by atoms with E-state index in [1.54, 1.807) is 6.07 Å². The number of nitrogens with zero attached hydrogens (tertiary/aromatic N) is 2. The Hall–Kier alpha value is -1.68. The summed E-state index contributed by atoms with van der Waals surface area (Å²) >= 11 is 6.03. The molecule has 3 nitrogen and oxygen atoms in total. The van der Waals surface area contributed by atoms with Crippen molar-refractivity contribution in [1.29, 1.82) is 0 Å². The standard InChI is InChI=1S/C14H15ClFN3/c1-3-12-13(15)17-8-18-14(12)19-9(2)10-5-4-6-11(16)7-10/h4-9H,3H2,1-2H3,(H,17,18,19). The van der Waals surface area contributed by atoms with Crippen LogP contribution in [-0.2, 0) is 6.42 Å². The normalized spacial score (nSPS) is 12.2. The lowest BCUT2D eigenvalue weighted by molar-refractivity contribution is 0.623. The summed E-state index contributed by atoms with van der Waals surface area (Å²) in [6.07, 6.45) is 2.15. The van der Waals surface area contributed by atoms with Crippen molar-refractivity contribution in [3.63, 3.8) is 0 Å². The van der Waals surface area contributed by atoms with E-state index >= 15 is 0 Å². The number of rotatable bonds is 4. The van der Waals surface area contributed by atoms with E-state index in [9.17, 15) is 4.39 Å². The largest absolute Gasteiger partial charge is 0.363 e. The van der Waals surface area contributed by atoms with Gasteiger partial charge < -0.3 is 5.32 Å². The topological polar surface area (TPSA) is 37.8 Å². The third-order valence-electron chi connectivity index (χ3n) is 2.95. The minimum atomic E-state index is -0.248. The number of benzene rings is 1. The second-order valence-electron chi connectivity index (χ2n) is 4.27. The predicted molar refractivity (Wildman–Crippen MR) is 74.9 cm³/mol. The van der Waals surface area contributed by atoms with E-state index in [2.05, 4.69) is 15.3 Å². The number of hydrogen-bond acceptors (Lipinski definition) is 3. The molecule has 0 amide bonds. The molecule has 100 valence electrons. The molecule has 0 saturated heterocycles. The van der Waals surface area contributed by atoms with Crippen molar-refractivity contribution in [2.45, 2.75) is 26.3 Å². The molecule has 0 fully saturated rings. The SMILES string of the molecule is CCc1c(Cl)ncnc1NC(C)c1cccc(F)c1. The van der Waals surface area contributed by atoms with Gasteiger partial charge in [0.05, 0.1) is 6.04 Å². The van der Waals surface area contributed by atoms with Gasteiger partial charge in [-0.15, -0.1) is 0 Å². The smallest absolute Gasteiger partial charge is 0.137 e. The fourth-order valence-corrected chi connectivity index (χ4v) is 2.16. The maximum Gasteiger partial charge on any atom is 0.137 e. The van der Waals surface area contributed by atoms with Gasteiger partial charge in [-0.05, 0) is 31.0 Å². The van der Waals surface area contributed by atoms with Crippen LogP contribution in [0.25, 0.3) is 0 Å². The van der Waals surface area contributed by atoms with Gasteiger partial charge in [0, 0.05) is 5.56 Å². The summed E-state index contributed by atoms with van der Waals surface area (Å²) in [5.41, 5.74) is 1.73. The highest BCUT2D eigenvalue weighted by Gasteiger charge is 2.12. The summed E-state index contributed by atoms with van der Waals surface area (Å²) in [4.78, 5) is 8.16. The van der Waals surface area contributed by atoms with E-state index in [0.29, 0.717) is 11.0 Å². The molecule has 19 heavy (non-hydrogen) atoms. The van der Waals surface area contributed by atoms with E-state index in [1.165, 1.54) is 18.5 Å². The number of aromatic nitrogens is 2. The van der Waals surface area contributed by atoms with Crippen LogP contribution in [0.4, 0.5) is 10.2 Å². The highest BCUT2D eigenvalue weighted by atomic mass is 35.5. The molecular weight excluding hydrogens is 265 g/mol. The van der Waals surface area contributed by atoms with Crippen molar-refractivity contribution in [3.8, 4) is 0 Å². The van der Waals surface area contributed by atoms with Crippen LogP contribution in [0, 0.1) is 5.82 Å². The third kappa shape index (κ3) is 3.20. The van der Waals surface area contributed by atoms with Crippen LogP contribution in [0.15, 0.2) is 30.6 Å². The number of nitrogens with one attached hydrogen (secondary N) is 1. The van der Waals surface area contributed by atoms with Crippen molar-refractivity contribution in [1.82, 2.24) is 9.97 Å². The second kappa shape index (κ2) is 5.97. The van der Waals surface area contributed by atoms with Gasteiger partial charge in [0.1, 0.15) is 23.1 Å². The van der Waals surface area contributed by atoms with Crippen molar-refractivity contribution < 1.29 is 4.39 Å². The Bertz CT molecular complexity index is 574. The summed E-state index contributed by atoms with van der Waals surface area (Å²) in [5.74, 6) is 0.446. The van der Waals surface area contributed by atoms with Crippen LogP contribution in [0.2, 0.25) is 5.15 Å². The number of halogens is 2. The van der Waals surface area contributed by atoms with E-state index < -0.39 is 0 Å². The van der Waals surface area contributed by atoms with Gasteiger partial charge in [0.2, 0.25) is 0 Å². The molecule has 1 atom stereocenters. The Labute approximate surface area is 116 Å². The zero-order valence-corrected chi connectivity index (χ0v) is 11.6. The molecule has 1 aromatic carbocycles. The van der Waals surface area contributed by atoms with Crippen molar-refractivity contribution >= 4 is 17.4 Å². The maximum absolute atomic E-state index is 13.2. The van der Waals surface area contributed by atoms with Crippen LogP contribution in [0.1, 0.15) is 31.0 Å². The molecule has 1 N–H and O–H groups in total. The first-order valence-electron chi connectivity index (χ1n) is 6.13. The summed E-state index contributed by atoms with van der Waals surface area (Å²) in [5, 5.41) is 3.69. The van der Waals surface area contributed by atoms with Gasteiger partial charge in [0.15, 0.2) is 0 Å². The summed E-state index contributed by atoms with van der Waals surface area (Å²) in [7, 11) is 0. The molecule has 0 aliphatic heterocycles. The van der Waals surface area contributed by atoms with Gasteiger partial charge >= 0.3 is 0 Å². The Morgan fingerprint density at radius 3 is 2.84 bits per heavy atom. The molecular formula is C14H15ClFN3. The number of hydrogen-bond donors (Lipinski definition) is 1. The van der Waals surface area contributed by atoms with Crippen LogP contribution >= 0.6 is 11.6 Å². The highest BCUT2D eigenvalue weighted by molar-refractivity contribution is 6.30. The molecule has 0 radical (unpaired) electrons. The predicted octanol–water partition coefficient (Wildman–Crippen LogP) is 4.00. The minimum Gasteiger partial charge on any atom is -0.363 e. The fraction of sp³-hybridized carbons (Fsp3) is 0.286. The monoisotopic (exact) mass is 279 g/mol. The molecule has 2 aromatic rings. The molecule has 0 aliphatic rings. The first-order valence-corrected chi connectivity index (χ1v) is 6.51. The van der Waals surface area contributed by atoms with Crippen LogP contribution in [0.5, 0.6) is 0 Å². The molecule has 1 unspecified atom stereocenters. The molecule has 1 heterocycles. The van der Waals surface area contributed by atoms with E-state index in [4.69, 9.17) is 11.6 Å². The van der Waals surface area contributed by atoms with E-state index in [0.717, 1.165) is 17.5 Å². The minimum absolute atomic E-state index is 0.0630. The van der Waals surface area contributed by atoms with Gasteiger partial charge in [-0.1, -0.05) is 30.7 Å². The lowest BCUT2D eigenvalue weighted by atomic mass is 10.1. The van der Waals surface area contributed by atoms with Gasteiger partial charge in [-0.2, -0.15) is 0 Å². The molecule has 2 rings (SSSR count). The molecule has 1 aromatic heterocycles. The Morgan fingerprint density at radius 1 is 1.37 bits per heavy atom. The lowest BCUT2D eigenvalue weighted by Crippen LogP contribution is -2.10. The molecule has 0 bridgehead atoms. The zero-order valence-electron chi connectivity index (χ0n) is 10.8. The van der Waals surface area contributed by atoms with Crippen LogP contribution in [-0.4, -0.2) is 9.97 Å². The fourth-order valence-electron chi connectivity index (χ4n) is 1.89. The third-order valence-corrected chi connectivity index (χ3v) is 3.27. The van der Waals surface area contributed by atoms with E-state index in [1.807, 2.05) is 19.9 Å². The first-order chi connectivity index (χ1) is 9.11. The summed E-state index contributed by atoms with van der Waals surface area (Å²) in [6.45, 7) is 3.94. The maximum atomic E-state index is 13.2. The average molecular weight is 280 g/mol. The highest BCUT2D eigenvalue weighted by Crippen LogP contribution is 2.24. The average Bonchev–Trinajstić information content (AvgIpc) is 2.39. The lowest BCUT2D eigenvalue weighted by Gasteiger charge is -2.17. The van der Waals surface area contributed by atoms with Crippen molar-refractivity contribution in [2.75, 3.05) is 5.32 Å². The van der Waals surface area contributed by atoms with Crippen molar-refractivity contribution in [2.24, 2.45) is 0 Å². The van der Waals surface area contributed by atoms with Gasteiger partial charge in [0.25, 0.3) is 0 Å². The van der Waals surface area contributed by atoms with Gasteiger partial charge in [-0.25, -0.2) is 14.4 Å². The van der Waals surface area contributed by atoms with Crippen molar-refractivity contribution in [3.05, 3.63) is 52.7 Å². The van der Waals surface area contributed by atoms with Crippen LogP contribution < -0.4 is 5.32 Å². The zero-order chi connectivity index (χ0) is 13.8. The summed E-state index contributed by atoms with van der Waals surface area (Å²) < 4.78 is 13.2. The second-order valence-corrected chi connectivity index (χ2v) is 4.62. The molecule has 0 saturated carbocycles. The Balaban J connectivity index is 2.24. The van der Waals surface area contributed by atoms with Crippen LogP contribution in [0.3, 0.4) is 0 Å². The van der Waals surface area contributed by atoms with E-state index in [-0.39, 0.29) is 11.9 Å². The molecule has 0 spiro atoms. The summed E-state index contributed by atoms with van der Waals surface area (Å²) in [6, 6.07) is 6.43. The quantitative estimate of drug-likeness (QED) is 0.860. The number of anilines is 1. The Morgan fingerprint density at radius 2 is 2.16 bits per heavy atom. The van der Waals surface area contributed by atoms with Gasteiger partial charge in [-0.3, -0.25) is 0 Å². The first kappa shape index (κ1) is 13.7.